The highest BCUT2D eigenvalue weighted by atomic mass is 14.1. The summed E-state index contributed by atoms with van der Waals surface area (Å²) in [6.07, 6.45) is 8.58. The molecule has 0 heterocycles. The summed E-state index contributed by atoms with van der Waals surface area (Å²) in [5.41, 5.74) is 0. The summed E-state index contributed by atoms with van der Waals surface area (Å²) in [6, 6.07) is 0. The van der Waals surface area contributed by atoms with Crippen molar-refractivity contribution in [2.45, 2.75) is 51.4 Å². The third-order valence-electron chi connectivity index (χ3n) is 3.21. The van der Waals surface area contributed by atoms with Crippen molar-refractivity contribution in [1.82, 2.24) is 0 Å². The maximum atomic E-state index is 3.47. The van der Waals surface area contributed by atoms with Crippen LogP contribution in [-0.4, -0.2) is 0 Å². The summed E-state index contributed by atoms with van der Waals surface area (Å²) in [7, 11) is 0. The van der Waals surface area contributed by atoms with E-state index in [1.807, 2.05) is 0 Å². The smallest absolute Gasteiger partial charge is 0.0221 e. The van der Waals surface area contributed by atoms with Crippen LogP contribution >= 0.6 is 0 Å². The Hall–Kier alpha value is -1.32. The molecule has 0 heteroatoms. The van der Waals surface area contributed by atoms with E-state index >= 15 is 0 Å². The zero-order chi connectivity index (χ0) is 11.1. The van der Waals surface area contributed by atoms with Crippen LogP contribution < -0.4 is 0 Å². The normalized spacial score (nSPS) is 28.5. The van der Waals surface area contributed by atoms with Gasteiger partial charge in [0.1, 0.15) is 0 Å². The highest BCUT2D eigenvalue weighted by molar-refractivity contribution is 5.13. The number of fused-ring (bicyclic) bond motifs is 2. The van der Waals surface area contributed by atoms with Gasteiger partial charge in [0.2, 0.25) is 0 Å². The van der Waals surface area contributed by atoms with E-state index in [0.717, 1.165) is 51.4 Å². The summed E-state index contributed by atoms with van der Waals surface area (Å²) < 4.78 is 0. The first kappa shape index (κ1) is 11.2. The van der Waals surface area contributed by atoms with Gasteiger partial charge in [-0.15, -0.1) is 23.7 Å². The van der Waals surface area contributed by atoms with Crippen LogP contribution in [0.25, 0.3) is 0 Å². The van der Waals surface area contributed by atoms with E-state index in [9.17, 15) is 0 Å². The molecule has 0 radical (unpaired) electrons. The van der Waals surface area contributed by atoms with Gasteiger partial charge in [-0.1, -0.05) is 11.8 Å². The van der Waals surface area contributed by atoms with Gasteiger partial charge in [-0.3, -0.25) is 0 Å². The van der Waals surface area contributed by atoms with Crippen molar-refractivity contribution < 1.29 is 0 Å². The SMILES string of the molecule is C1#CCCC2C#CC(CC1)CCC#CCC2. The van der Waals surface area contributed by atoms with Crippen LogP contribution in [0.3, 0.4) is 0 Å². The Bertz CT molecular complexity index is 335. The van der Waals surface area contributed by atoms with Gasteiger partial charge in [-0.05, 0) is 25.7 Å². The minimum absolute atomic E-state index is 0.530. The molecule has 0 fully saturated rings. The Morgan fingerprint density at radius 3 is 1.12 bits per heavy atom. The van der Waals surface area contributed by atoms with E-state index in [1.54, 1.807) is 0 Å². The molecule has 2 rings (SSSR count). The zero-order valence-corrected chi connectivity index (χ0v) is 9.81. The minimum atomic E-state index is 0.530. The second-order valence-corrected chi connectivity index (χ2v) is 4.54. The molecule has 0 aliphatic heterocycles. The highest BCUT2D eigenvalue weighted by Gasteiger charge is 2.08. The molecule has 0 amide bonds. The predicted octanol–water partition coefficient (Wildman–Crippen LogP) is 3.38. The minimum Gasteiger partial charge on any atom is -0.103 e. The average Bonchev–Trinajstić information content (AvgIpc) is 2.33. The highest BCUT2D eigenvalue weighted by Crippen LogP contribution is 2.18. The lowest BCUT2D eigenvalue weighted by molar-refractivity contribution is 0.555. The lowest BCUT2D eigenvalue weighted by atomic mass is 9.92. The molecule has 0 aromatic heterocycles. The molecule has 0 aromatic rings. The number of hydrogen-bond acceptors (Lipinski definition) is 0. The monoisotopic (exact) mass is 210 g/mol. The van der Waals surface area contributed by atoms with Crippen LogP contribution in [0.1, 0.15) is 51.4 Å². The molecule has 16 heavy (non-hydrogen) atoms. The second-order valence-electron chi connectivity index (χ2n) is 4.54. The quantitative estimate of drug-likeness (QED) is 0.538. The van der Waals surface area contributed by atoms with Crippen molar-refractivity contribution in [3.05, 3.63) is 0 Å². The van der Waals surface area contributed by atoms with Crippen LogP contribution in [0.15, 0.2) is 0 Å². The molecule has 82 valence electrons. The molecule has 0 nitrogen and oxygen atoms in total. The van der Waals surface area contributed by atoms with Crippen molar-refractivity contribution in [1.29, 1.82) is 0 Å². The van der Waals surface area contributed by atoms with Crippen LogP contribution in [0.5, 0.6) is 0 Å². The fourth-order valence-corrected chi connectivity index (χ4v) is 2.15. The second kappa shape index (κ2) is 6.30. The Labute approximate surface area is 99.2 Å². The van der Waals surface area contributed by atoms with Gasteiger partial charge in [0.15, 0.2) is 0 Å². The largest absolute Gasteiger partial charge is 0.103 e. The van der Waals surface area contributed by atoms with E-state index in [2.05, 4.69) is 35.5 Å². The molecule has 2 aliphatic carbocycles. The average molecular weight is 210 g/mol. The lowest BCUT2D eigenvalue weighted by Gasteiger charge is -2.11. The predicted molar refractivity (Wildman–Crippen MR) is 67.2 cm³/mol. The molecular weight excluding hydrogens is 192 g/mol. The first-order chi connectivity index (χ1) is 7.95. The molecular formula is C16H18. The topological polar surface area (TPSA) is 0 Å². The van der Waals surface area contributed by atoms with Crippen LogP contribution in [-0.2, 0) is 0 Å². The molecule has 0 saturated heterocycles. The molecule has 0 atom stereocenters. The van der Waals surface area contributed by atoms with Crippen molar-refractivity contribution in [3.8, 4) is 35.5 Å². The Kier molecular flexibility index (Phi) is 4.40. The van der Waals surface area contributed by atoms with Crippen molar-refractivity contribution in [2.24, 2.45) is 11.8 Å². The van der Waals surface area contributed by atoms with E-state index < -0.39 is 0 Å². The van der Waals surface area contributed by atoms with Gasteiger partial charge in [0, 0.05) is 37.5 Å². The Balaban J connectivity index is 2.10. The number of hydrogen-bond donors (Lipinski definition) is 0. The van der Waals surface area contributed by atoms with Gasteiger partial charge < -0.3 is 0 Å². The maximum absolute atomic E-state index is 3.47. The van der Waals surface area contributed by atoms with Crippen LogP contribution in [0.4, 0.5) is 0 Å². The Morgan fingerprint density at radius 1 is 0.500 bits per heavy atom. The summed E-state index contributed by atoms with van der Waals surface area (Å²) in [5, 5.41) is 0. The zero-order valence-electron chi connectivity index (χ0n) is 9.81. The van der Waals surface area contributed by atoms with Crippen LogP contribution in [0.2, 0.25) is 0 Å². The van der Waals surface area contributed by atoms with E-state index in [1.165, 1.54) is 0 Å². The molecule has 0 N–H and O–H groups in total. The third-order valence-corrected chi connectivity index (χ3v) is 3.21. The Morgan fingerprint density at radius 2 is 0.812 bits per heavy atom. The van der Waals surface area contributed by atoms with Gasteiger partial charge in [0.05, 0.1) is 0 Å². The molecule has 0 saturated carbocycles. The third kappa shape index (κ3) is 3.68. The fourth-order valence-electron chi connectivity index (χ4n) is 2.15. The van der Waals surface area contributed by atoms with Gasteiger partial charge in [-0.25, -0.2) is 0 Å². The number of rotatable bonds is 0. The van der Waals surface area contributed by atoms with Crippen molar-refractivity contribution >= 4 is 0 Å². The van der Waals surface area contributed by atoms with Crippen LogP contribution in [0, 0.1) is 47.4 Å². The molecule has 0 aromatic carbocycles. The van der Waals surface area contributed by atoms with Gasteiger partial charge in [0.25, 0.3) is 0 Å². The molecule has 2 aliphatic rings. The van der Waals surface area contributed by atoms with Gasteiger partial charge >= 0.3 is 0 Å². The first-order valence-corrected chi connectivity index (χ1v) is 6.37. The van der Waals surface area contributed by atoms with Gasteiger partial charge in [-0.2, -0.15) is 0 Å². The van der Waals surface area contributed by atoms with E-state index in [0.29, 0.717) is 11.8 Å². The standard InChI is InChI=1S/C16H18/c1-2-6-10-16-12-8-4-3-7-11-15(9-5-1)13-14-16/h15-16H,5-12H2. The first-order valence-electron chi connectivity index (χ1n) is 6.37. The maximum Gasteiger partial charge on any atom is 0.0221 e. The van der Waals surface area contributed by atoms with E-state index in [4.69, 9.17) is 0 Å². The van der Waals surface area contributed by atoms with E-state index in [-0.39, 0.29) is 0 Å². The summed E-state index contributed by atoms with van der Waals surface area (Å²) >= 11 is 0. The molecule has 0 unspecified atom stereocenters. The molecule has 2 bridgehead atoms. The summed E-state index contributed by atoms with van der Waals surface area (Å²) in [5.74, 6) is 21.1. The van der Waals surface area contributed by atoms with Crippen molar-refractivity contribution in [2.75, 3.05) is 0 Å². The van der Waals surface area contributed by atoms with Crippen molar-refractivity contribution in [3.63, 3.8) is 0 Å². The summed E-state index contributed by atoms with van der Waals surface area (Å²) in [6.45, 7) is 0. The lowest BCUT2D eigenvalue weighted by Crippen LogP contribution is -2.03. The molecule has 0 spiro atoms. The summed E-state index contributed by atoms with van der Waals surface area (Å²) in [4.78, 5) is 0. The fraction of sp³-hybridized carbons (Fsp3) is 0.625.